The number of thioether (sulfide) groups is 1. The molecular weight excluding hydrogens is 268 g/mol. The minimum atomic E-state index is 0.210. The number of ether oxygens (including phenoxy) is 1. The first-order valence-corrected chi connectivity index (χ1v) is 8.58. The quantitative estimate of drug-likeness (QED) is 0.595. The fourth-order valence-corrected chi connectivity index (χ4v) is 4.00. The summed E-state index contributed by atoms with van der Waals surface area (Å²) in [6, 6.07) is 8.49. The maximum Gasteiger partial charge on any atom is 0.119 e. The number of hydrazine groups is 1. The van der Waals surface area contributed by atoms with E-state index in [0.29, 0.717) is 0 Å². The summed E-state index contributed by atoms with van der Waals surface area (Å²) in [7, 11) is 0. The summed E-state index contributed by atoms with van der Waals surface area (Å²) in [5, 5.41) is 0.828. The van der Waals surface area contributed by atoms with Crippen molar-refractivity contribution in [2.24, 2.45) is 5.84 Å². The van der Waals surface area contributed by atoms with Gasteiger partial charge in [-0.25, -0.2) is 0 Å². The highest BCUT2D eigenvalue weighted by molar-refractivity contribution is 7.99. The van der Waals surface area contributed by atoms with Crippen LogP contribution in [0.2, 0.25) is 0 Å². The second-order valence-electron chi connectivity index (χ2n) is 5.69. The van der Waals surface area contributed by atoms with Crippen LogP contribution in [-0.2, 0) is 0 Å². The van der Waals surface area contributed by atoms with Crippen LogP contribution in [0.4, 0.5) is 0 Å². The van der Waals surface area contributed by atoms with E-state index < -0.39 is 0 Å². The summed E-state index contributed by atoms with van der Waals surface area (Å²) < 4.78 is 5.67. The smallest absolute Gasteiger partial charge is 0.119 e. The molecular formula is C16H26N2OS. The number of hydrogen-bond donors (Lipinski definition) is 2. The van der Waals surface area contributed by atoms with E-state index in [9.17, 15) is 0 Å². The van der Waals surface area contributed by atoms with Gasteiger partial charge in [-0.2, -0.15) is 11.8 Å². The van der Waals surface area contributed by atoms with Crippen molar-refractivity contribution in [3.63, 3.8) is 0 Å². The van der Waals surface area contributed by atoms with Crippen LogP contribution in [0.15, 0.2) is 24.3 Å². The van der Waals surface area contributed by atoms with Gasteiger partial charge in [0.25, 0.3) is 0 Å². The van der Waals surface area contributed by atoms with Crippen molar-refractivity contribution in [2.75, 3.05) is 5.75 Å². The van der Waals surface area contributed by atoms with Gasteiger partial charge >= 0.3 is 0 Å². The molecule has 1 aliphatic carbocycles. The standard InChI is InChI=1S/C16H26N2OS/c1-12(2)19-14-9-7-13(8-10-14)16(18-17)11-20-15-5-3-4-6-15/h7-10,12,15-16,18H,3-6,11,17H2,1-2H3. The minimum Gasteiger partial charge on any atom is -0.491 e. The van der Waals surface area contributed by atoms with E-state index >= 15 is 0 Å². The van der Waals surface area contributed by atoms with Gasteiger partial charge in [0.15, 0.2) is 0 Å². The minimum absolute atomic E-state index is 0.210. The zero-order chi connectivity index (χ0) is 14.4. The lowest BCUT2D eigenvalue weighted by molar-refractivity contribution is 0.242. The van der Waals surface area contributed by atoms with E-state index in [-0.39, 0.29) is 12.1 Å². The highest BCUT2D eigenvalue weighted by atomic mass is 32.2. The molecule has 3 N–H and O–H groups in total. The lowest BCUT2D eigenvalue weighted by Gasteiger charge is -2.19. The normalized spacial score (nSPS) is 17.6. The second kappa shape index (κ2) is 7.91. The molecule has 0 heterocycles. The molecule has 0 saturated heterocycles. The lowest BCUT2D eigenvalue weighted by atomic mass is 10.1. The van der Waals surface area contributed by atoms with Crippen molar-refractivity contribution in [2.45, 2.75) is 56.9 Å². The Balaban J connectivity index is 1.89. The summed E-state index contributed by atoms with van der Waals surface area (Å²) in [6.45, 7) is 4.08. The van der Waals surface area contributed by atoms with Crippen molar-refractivity contribution >= 4 is 11.8 Å². The maximum absolute atomic E-state index is 5.71. The fraction of sp³-hybridized carbons (Fsp3) is 0.625. The monoisotopic (exact) mass is 294 g/mol. The molecule has 1 aromatic carbocycles. The summed E-state index contributed by atoms with van der Waals surface area (Å²) in [5.74, 6) is 7.67. The summed E-state index contributed by atoms with van der Waals surface area (Å²) >= 11 is 2.05. The molecule has 0 radical (unpaired) electrons. The van der Waals surface area contributed by atoms with E-state index in [1.165, 1.54) is 31.2 Å². The predicted molar refractivity (Wildman–Crippen MR) is 87.0 cm³/mol. The number of rotatable bonds is 7. The predicted octanol–water partition coefficient (Wildman–Crippen LogP) is 3.65. The first-order valence-electron chi connectivity index (χ1n) is 7.53. The Labute approximate surface area is 126 Å². The third-order valence-electron chi connectivity index (χ3n) is 3.66. The maximum atomic E-state index is 5.71. The van der Waals surface area contributed by atoms with Gasteiger partial charge in [0.1, 0.15) is 5.75 Å². The summed E-state index contributed by atoms with van der Waals surface area (Å²) in [4.78, 5) is 0. The molecule has 1 saturated carbocycles. The van der Waals surface area contributed by atoms with Crippen LogP contribution in [0.3, 0.4) is 0 Å². The van der Waals surface area contributed by atoms with Gasteiger partial charge in [0.05, 0.1) is 12.1 Å². The first-order chi connectivity index (χ1) is 9.69. The topological polar surface area (TPSA) is 47.3 Å². The number of hydrogen-bond acceptors (Lipinski definition) is 4. The van der Waals surface area contributed by atoms with E-state index in [1.54, 1.807) is 0 Å². The average molecular weight is 294 g/mol. The van der Waals surface area contributed by atoms with Gasteiger partial charge in [-0.15, -0.1) is 0 Å². The molecule has 20 heavy (non-hydrogen) atoms. The Bertz CT molecular complexity index is 388. The number of benzene rings is 1. The van der Waals surface area contributed by atoms with Crippen LogP contribution < -0.4 is 16.0 Å². The zero-order valence-corrected chi connectivity index (χ0v) is 13.3. The van der Waals surface area contributed by atoms with E-state index in [1.807, 2.05) is 26.0 Å². The Hall–Kier alpha value is -0.710. The van der Waals surface area contributed by atoms with Crippen molar-refractivity contribution in [3.05, 3.63) is 29.8 Å². The van der Waals surface area contributed by atoms with Crippen LogP contribution >= 0.6 is 11.8 Å². The van der Waals surface area contributed by atoms with Gasteiger partial charge in [-0.05, 0) is 44.4 Å². The van der Waals surface area contributed by atoms with Gasteiger partial charge in [-0.1, -0.05) is 25.0 Å². The molecule has 0 spiro atoms. The van der Waals surface area contributed by atoms with Crippen LogP contribution in [0.1, 0.15) is 51.1 Å². The lowest BCUT2D eigenvalue weighted by Crippen LogP contribution is -2.30. The highest BCUT2D eigenvalue weighted by Gasteiger charge is 2.18. The molecule has 1 unspecified atom stereocenters. The second-order valence-corrected chi connectivity index (χ2v) is 7.03. The SMILES string of the molecule is CC(C)Oc1ccc(C(CSC2CCCC2)NN)cc1. The Morgan fingerprint density at radius 3 is 2.45 bits per heavy atom. The molecule has 3 nitrogen and oxygen atoms in total. The van der Waals surface area contributed by atoms with Crippen molar-refractivity contribution < 1.29 is 4.74 Å². The van der Waals surface area contributed by atoms with Crippen LogP contribution in [-0.4, -0.2) is 17.1 Å². The molecule has 1 fully saturated rings. The molecule has 4 heteroatoms. The molecule has 2 rings (SSSR count). The Morgan fingerprint density at radius 2 is 1.90 bits per heavy atom. The molecule has 0 amide bonds. The molecule has 0 aromatic heterocycles. The van der Waals surface area contributed by atoms with Gasteiger partial charge in [0.2, 0.25) is 0 Å². The Kier molecular flexibility index (Phi) is 6.20. The highest BCUT2D eigenvalue weighted by Crippen LogP contribution is 2.32. The van der Waals surface area contributed by atoms with Gasteiger partial charge in [-0.3, -0.25) is 11.3 Å². The molecule has 0 bridgehead atoms. The van der Waals surface area contributed by atoms with Crippen molar-refractivity contribution in [1.82, 2.24) is 5.43 Å². The molecule has 0 aliphatic heterocycles. The van der Waals surface area contributed by atoms with Crippen LogP contribution in [0.5, 0.6) is 5.75 Å². The first kappa shape index (κ1) is 15.7. The molecule has 112 valence electrons. The summed E-state index contributed by atoms with van der Waals surface area (Å²) in [5.41, 5.74) is 4.17. The van der Waals surface area contributed by atoms with Crippen LogP contribution in [0, 0.1) is 0 Å². The molecule has 1 aromatic rings. The summed E-state index contributed by atoms with van der Waals surface area (Å²) in [6.07, 6.45) is 5.72. The number of nitrogens with two attached hydrogens (primary N) is 1. The number of nitrogens with one attached hydrogen (secondary N) is 1. The third kappa shape index (κ3) is 4.69. The van der Waals surface area contributed by atoms with Crippen LogP contribution in [0.25, 0.3) is 0 Å². The molecule has 1 atom stereocenters. The zero-order valence-electron chi connectivity index (χ0n) is 12.5. The van der Waals surface area contributed by atoms with Gasteiger partial charge in [0, 0.05) is 11.0 Å². The van der Waals surface area contributed by atoms with Crippen molar-refractivity contribution in [1.29, 1.82) is 0 Å². The van der Waals surface area contributed by atoms with E-state index in [2.05, 4.69) is 29.3 Å². The Morgan fingerprint density at radius 1 is 1.25 bits per heavy atom. The van der Waals surface area contributed by atoms with E-state index in [0.717, 1.165) is 16.8 Å². The molecule has 1 aliphatic rings. The third-order valence-corrected chi connectivity index (χ3v) is 5.12. The van der Waals surface area contributed by atoms with E-state index in [4.69, 9.17) is 10.6 Å². The fourth-order valence-electron chi connectivity index (χ4n) is 2.58. The largest absolute Gasteiger partial charge is 0.491 e. The van der Waals surface area contributed by atoms with Gasteiger partial charge < -0.3 is 4.74 Å². The van der Waals surface area contributed by atoms with Crippen molar-refractivity contribution in [3.8, 4) is 5.75 Å². The average Bonchev–Trinajstić information content (AvgIpc) is 2.94.